The summed E-state index contributed by atoms with van der Waals surface area (Å²) in [5.41, 5.74) is -0.737. The first kappa shape index (κ1) is 11.5. The molecule has 0 bridgehead atoms. The molecule has 0 amide bonds. The van der Waals surface area contributed by atoms with Crippen LogP contribution in [0.25, 0.3) is 0 Å². The van der Waals surface area contributed by atoms with Gasteiger partial charge in [0.2, 0.25) is 0 Å². The third kappa shape index (κ3) is 4.38. The van der Waals surface area contributed by atoms with Crippen molar-refractivity contribution >= 4 is 0 Å². The summed E-state index contributed by atoms with van der Waals surface area (Å²) >= 11 is 0. The van der Waals surface area contributed by atoms with Crippen LogP contribution >= 0.6 is 0 Å². The van der Waals surface area contributed by atoms with E-state index in [0.29, 0.717) is 0 Å². The molecule has 0 aromatic heterocycles. The van der Waals surface area contributed by atoms with Gasteiger partial charge in [0.15, 0.2) is 0 Å². The molecule has 0 unspecified atom stereocenters. The van der Waals surface area contributed by atoms with Crippen LogP contribution < -0.4 is 0 Å². The summed E-state index contributed by atoms with van der Waals surface area (Å²) in [7, 11) is 0. The fraction of sp³-hybridized carbons (Fsp3) is 0.800. The van der Waals surface area contributed by atoms with Crippen molar-refractivity contribution in [2.75, 3.05) is 13.2 Å². The first-order valence-corrected chi connectivity index (χ1v) is 4.09. The molecule has 0 radical (unpaired) electrons. The molecule has 0 saturated heterocycles. The van der Waals surface area contributed by atoms with Crippen molar-refractivity contribution in [1.29, 1.82) is 0 Å². The second-order valence-electron chi connectivity index (χ2n) is 4.33. The molecule has 0 aromatic rings. The lowest BCUT2D eigenvalue weighted by Crippen LogP contribution is -2.18. The van der Waals surface area contributed by atoms with E-state index in [1.165, 1.54) is 0 Å². The van der Waals surface area contributed by atoms with E-state index in [9.17, 15) is 0 Å². The van der Waals surface area contributed by atoms with Crippen molar-refractivity contribution in [3.63, 3.8) is 0 Å². The van der Waals surface area contributed by atoms with Crippen LogP contribution in [0.3, 0.4) is 0 Å². The largest absolute Gasteiger partial charge is 0.395 e. The molecular formula is C10H18O2. The lowest BCUT2D eigenvalue weighted by Gasteiger charge is -2.16. The van der Waals surface area contributed by atoms with Crippen LogP contribution in [0.1, 0.15) is 27.7 Å². The monoisotopic (exact) mass is 170 g/mol. The van der Waals surface area contributed by atoms with Gasteiger partial charge in [0.1, 0.15) is 0 Å². The fourth-order valence-corrected chi connectivity index (χ4v) is 0.417. The Bertz CT molecular complexity index is 174. The highest BCUT2D eigenvalue weighted by Gasteiger charge is 2.16. The van der Waals surface area contributed by atoms with Gasteiger partial charge in [-0.2, -0.15) is 0 Å². The molecule has 0 aliphatic carbocycles. The van der Waals surface area contributed by atoms with Gasteiger partial charge < -0.3 is 10.2 Å². The molecule has 0 heterocycles. The van der Waals surface area contributed by atoms with Gasteiger partial charge in [-0.25, -0.2) is 0 Å². The van der Waals surface area contributed by atoms with Crippen molar-refractivity contribution in [2.24, 2.45) is 10.8 Å². The Morgan fingerprint density at radius 3 is 1.25 bits per heavy atom. The van der Waals surface area contributed by atoms with Crippen LogP contribution in [0.5, 0.6) is 0 Å². The van der Waals surface area contributed by atoms with Gasteiger partial charge in [-0.3, -0.25) is 0 Å². The molecule has 0 aromatic carbocycles. The van der Waals surface area contributed by atoms with E-state index in [1.807, 2.05) is 27.7 Å². The van der Waals surface area contributed by atoms with E-state index in [-0.39, 0.29) is 24.0 Å². The summed E-state index contributed by atoms with van der Waals surface area (Å²) in [5.74, 6) is 5.88. The molecule has 0 rings (SSSR count). The summed E-state index contributed by atoms with van der Waals surface area (Å²) in [6.07, 6.45) is 0. The Morgan fingerprint density at radius 1 is 0.833 bits per heavy atom. The first-order chi connectivity index (χ1) is 5.33. The van der Waals surface area contributed by atoms with Crippen molar-refractivity contribution < 1.29 is 10.2 Å². The fourth-order valence-electron chi connectivity index (χ4n) is 0.417. The zero-order valence-electron chi connectivity index (χ0n) is 8.31. The molecule has 0 spiro atoms. The maximum atomic E-state index is 8.90. The molecular weight excluding hydrogens is 152 g/mol. The van der Waals surface area contributed by atoms with E-state index in [2.05, 4.69) is 11.8 Å². The maximum absolute atomic E-state index is 8.90. The van der Waals surface area contributed by atoms with Gasteiger partial charge in [0, 0.05) is 10.8 Å². The molecule has 2 heteroatoms. The predicted molar refractivity (Wildman–Crippen MR) is 49.5 cm³/mol. The van der Waals surface area contributed by atoms with Gasteiger partial charge in [-0.15, -0.1) is 0 Å². The van der Waals surface area contributed by atoms with Crippen LogP contribution in [-0.2, 0) is 0 Å². The summed E-state index contributed by atoms with van der Waals surface area (Å²) in [5, 5.41) is 17.8. The van der Waals surface area contributed by atoms with Crippen LogP contribution in [0.2, 0.25) is 0 Å². The van der Waals surface area contributed by atoms with Gasteiger partial charge in [-0.05, 0) is 27.7 Å². The quantitative estimate of drug-likeness (QED) is 0.608. The first-order valence-electron chi connectivity index (χ1n) is 4.09. The van der Waals surface area contributed by atoms with Crippen molar-refractivity contribution in [3.8, 4) is 11.8 Å². The van der Waals surface area contributed by atoms with Crippen molar-refractivity contribution in [1.82, 2.24) is 0 Å². The summed E-state index contributed by atoms with van der Waals surface area (Å²) in [6.45, 7) is 7.56. The Hall–Kier alpha value is -0.520. The second kappa shape index (κ2) is 3.93. The average molecular weight is 170 g/mol. The van der Waals surface area contributed by atoms with Crippen LogP contribution in [0, 0.1) is 22.7 Å². The Morgan fingerprint density at radius 2 is 1.08 bits per heavy atom. The molecule has 70 valence electrons. The molecule has 12 heavy (non-hydrogen) atoms. The minimum Gasteiger partial charge on any atom is -0.395 e. The lowest BCUT2D eigenvalue weighted by molar-refractivity contribution is 0.199. The van der Waals surface area contributed by atoms with E-state index in [1.54, 1.807) is 0 Å². The molecule has 0 aliphatic heterocycles. The Kier molecular flexibility index (Phi) is 3.76. The molecule has 0 atom stereocenters. The van der Waals surface area contributed by atoms with E-state index in [4.69, 9.17) is 10.2 Å². The summed E-state index contributed by atoms with van der Waals surface area (Å²) in [6, 6.07) is 0. The maximum Gasteiger partial charge on any atom is 0.0591 e. The smallest absolute Gasteiger partial charge is 0.0591 e. The van der Waals surface area contributed by atoms with E-state index >= 15 is 0 Å². The minimum atomic E-state index is -0.369. The average Bonchev–Trinajstić information content (AvgIpc) is 2.02. The molecule has 0 fully saturated rings. The van der Waals surface area contributed by atoms with E-state index < -0.39 is 0 Å². The molecule has 0 aliphatic rings. The zero-order chi connectivity index (χ0) is 9.83. The third-order valence-electron chi connectivity index (χ3n) is 1.53. The van der Waals surface area contributed by atoms with Crippen LogP contribution in [-0.4, -0.2) is 23.4 Å². The van der Waals surface area contributed by atoms with Gasteiger partial charge in [-0.1, -0.05) is 11.8 Å². The molecule has 2 nitrogen and oxygen atoms in total. The van der Waals surface area contributed by atoms with Crippen molar-refractivity contribution in [3.05, 3.63) is 0 Å². The number of hydrogen-bond donors (Lipinski definition) is 2. The lowest BCUT2D eigenvalue weighted by atomic mass is 9.90. The number of rotatable bonds is 2. The van der Waals surface area contributed by atoms with Crippen LogP contribution in [0.15, 0.2) is 0 Å². The number of aliphatic hydroxyl groups excluding tert-OH is 2. The highest BCUT2D eigenvalue weighted by atomic mass is 16.3. The Balaban J connectivity index is 4.39. The van der Waals surface area contributed by atoms with Crippen molar-refractivity contribution in [2.45, 2.75) is 27.7 Å². The molecule has 2 N–H and O–H groups in total. The number of aliphatic hydroxyl groups is 2. The molecule has 0 saturated carbocycles. The second-order valence-corrected chi connectivity index (χ2v) is 4.33. The summed E-state index contributed by atoms with van der Waals surface area (Å²) < 4.78 is 0. The van der Waals surface area contributed by atoms with Gasteiger partial charge >= 0.3 is 0 Å². The number of hydrogen-bond acceptors (Lipinski definition) is 2. The third-order valence-corrected chi connectivity index (χ3v) is 1.53. The van der Waals surface area contributed by atoms with Crippen LogP contribution in [0.4, 0.5) is 0 Å². The topological polar surface area (TPSA) is 40.5 Å². The minimum absolute atomic E-state index is 0.0432. The van der Waals surface area contributed by atoms with Gasteiger partial charge in [0.25, 0.3) is 0 Å². The zero-order valence-corrected chi connectivity index (χ0v) is 8.31. The normalized spacial score (nSPS) is 12.2. The summed E-state index contributed by atoms with van der Waals surface area (Å²) in [4.78, 5) is 0. The predicted octanol–water partition coefficient (Wildman–Crippen LogP) is 1.03. The highest BCUT2D eigenvalue weighted by molar-refractivity contribution is 5.14. The standard InChI is InChI=1S/C10H18O2/c1-9(2,7-11)5-6-10(3,4)8-12/h11-12H,7-8H2,1-4H3. The van der Waals surface area contributed by atoms with Gasteiger partial charge in [0.05, 0.1) is 13.2 Å². The SMILES string of the molecule is CC(C)(C#CC(C)(C)CO)CO. The van der Waals surface area contributed by atoms with E-state index in [0.717, 1.165) is 0 Å². The highest BCUT2D eigenvalue weighted by Crippen LogP contribution is 2.16. The Labute approximate surface area is 74.6 Å².